The van der Waals surface area contributed by atoms with E-state index in [9.17, 15) is 34.8 Å². The van der Waals surface area contributed by atoms with Gasteiger partial charge in [-0.05, 0) is 119 Å². The molecule has 1 amide bonds. The number of esters is 1. The molecule has 61 heavy (non-hydrogen) atoms. The molecule has 11 nitrogen and oxygen atoms in total. The van der Waals surface area contributed by atoms with E-state index >= 15 is 0 Å². The van der Waals surface area contributed by atoms with E-state index in [1.165, 1.54) is 4.90 Å². The van der Waals surface area contributed by atoms with Crippen molar-refractivity contribution in [3.63, 3.8) is 0 Å². The van der Waals surface area contributed by atoms with Crippen LogP contribution in [-0.2, 0) is 28.6 Å². The summed E-state index contributed by atoms with van der Waals surface area (Å²) in [5.74, 6) is -3.47. The number of rotatable bonds is 4. The van der Waals surface area contributed by atoms with Crippen molar-refractivity contribution in [3.05, 3.63) is 59.8 Å². The van der Waals surface area contributed by atoms with Gasteiger partial charge in [-0.25, -0.2) is 4.79 Å². The molecular formula is C50H79NO10. The number of fused-ring (bicyclic) bond motifs is 3. The van der Waals surface area contributed by atoms with E-state index in [0.29, 0.717) is 82.7 Å². The standard InChI is InChI=1S/C50H79NO10/c1-31-15-11-10-12-16-32(2)46(59-9)28-40-20-18-38(8)50(58,61-40)30-48(56)51-22-14-13-17-41(51)49(57)60-47(37(7)25-39-19-21-42(52)45(55)27-39)29-44(54)36(6)24-35(5)43(53)26-34(4)33(3)23-31/h10-12,15-16,24,31,33,36-43,45-47,52-53,55,58H,4,13-14,17-23,25-30H2,1-3,5-9H3/b12-10+,15-11+,32-16+,35-24+/t31-,33-,36-,37-,38-,39+,40+,41+,42-,43+,45-,46+,47+,50+/m1/s1. The van der Waals surface area contributed by atoms with E-state index in [1.807, 2.05) is 52.0 Å². The highest BCUT2D eigenvalue weighted by atomic mass is 16.6. The lowest BCUT2D eigenvalue weighted by Gasteiger charge is -2.44. The highest BCUT2D eigenvalue weighted by Crippen LogP contribution is 2.39. The number of carbonyl (C=O) groups is 3. The van der Waals surface area contributed by atoms with Crippen molar-refractivity contribution in [1.29, 1.82) is 0 Å². The molecule has 0 aromatic carbocycles. The molecule has 1 saturated carbocycles. The predicted molar refractivity (Wildman–Crippen MR) is 238 cm³/mol. The van der Waals surface area contributed by atoms with Gasteiger partial charge in [0.2, 0.25) is 5.91 Å². The average molecular weight is 854 g/mol. The molecule has 3 aliphatic heterocycles. The normalized spacial score (nSPS) is 41.0. The summed E-state index contributed by atoms with van der Waals surface area (Å²) in [6.07, 6.45) is 14.9. The molecule has 4 rings (SSSR count). The van der Waals surface area contributed by atoms with Crippen LogP contribution in [-0.4, -0.2) is 105 Å². The van der Waals surface area contributed by atoms with Crippen molar-refractivity contribution in [2.75, 3.05) is 13.7 Å². The molecule has 0 unspecified atom stereocenters. The number of carbonyl (C=O) groups excluding carboxylic acids is 3. The van der Waals surface area contributed by atoms with E-state index in [0.717, 1.165) is 17.6 Å². The lowest BCUT2D eigenvalue weighted by atomic mass is 9.78. The van der Waals surface area contributed by atoms with Gasteiger partial charge in [0.25, 0.3) is 0 Å². The maximum atomic E-state index is 14.3. The maximum Gasteiger partial charge on any atom is 0.329 e. The third kappa shape index (κ3) is 14.8. The van der Waals surface area contributed by atoms with Gasteiger partial charge in [0, 0.05) is 38.3 Å². The summed E-state index contributed by atoms with van der Waals surface area (Å²) >= 11 is 0. The molecule has 0 aromatic heterocycles. The Morgan fingerprint density at radius 2 is 1.64 bits per heavy atom. The van der Waals surface area contributed by atoms with Crippen molar-refractivity contribution >= 4 is 17.7 Å². The smallest absolute Gasteiger partial charge is 0.329 e. The highest BCUT2D eigenvalue weighted by molar-refractivity contribution is 5.86. The summed E-state index contributed by atoms with van der Waals surface area (Å²) in [5, 5.41) is 43.8. The number of ketones is 1. The van der Waals surface area contributed by atoms with Crippen LogP contribution in [0.1, 0.15) is 138 Å². The number of aliphatic hydroxyl groups is 4. The van der Waals surface area contributed by atoms with E-state index in [2.05, 4.69) is 26.5 Å². The number of hydrogen-bond acceptors (Lipinski definition) is 10. The fourth-order valence-electron chi connectivity index (χ4n) is 9.73. The van der Waals surface area contributed by atoms with Crippen LogP contribution < -0.4 is 0 Å². The molecule has 2 bridgehead atoms. The van der Waals surface area contributed by atoms with E-state index in [4.69, 9.17) is 14.2 Å². The second-order valence-corrected chi connectivity index (χ2v) is 19.3. The minimum atomic E-state index is -1.73. The molecule has 11 heteroatoms. The lowest BCUT2D eigenvalue weighted by Crippen LogP contribution is -2.55. The first-order valence-electron chi connectivity index (χ1n) is 23.2. The van der Waals surface area contributed by atoms with Gasteiger partial charge in [0.1, 0.15) is 17.9 Å². The molecule has 0 spiro atoms. The van der Waals surface area contributed by atoms with Gasteiger partial charge in [0.15, 0.2) is 5.79 Å². The molecule has 4 N–H and O–H groups in total. The van der Waals surface area contributed by atoms with Gasteiger partial charge in [-0.1, -0.05) is 83.2 Å². The van der Waals surface area contributed by atoms with Crippen LogP contribution in [0.2, 0.25) is 0 Å². The lowest BCUT2D eigenvalue weighted by molar-refractivity contribution is -0.284. The van der Waals surface area contributed by atoms with E-state index in [1.54, 1.807) is 20.1 Å². The minimum absolute atomic E-state index is 0.0551. The third-order valence-corrected chi connectivity index (χ3v) is 14.2. The fourth-order valence-corrected chi connectivity index (χ4v) is 9.73. The van der Waals surface area contributed by atoms with Crippen LogP contribution in [0, 0.1) is 35.5 Å². The molecule has 1 aliphatic carbocycles. The number of ether oxygens (including phenoxy) is 3. The van der Waals surface area contributed by atoms with Gasteiger partial charge < -0.3 is 39.5 Å². The van der Waals surface area contributed by atoms with E-state index < -0.39 is 48.1 Å². The Bertz CT molecular complexity index is 1600. The minimum Gasteiger partial charge on any atom is -0.460 e. The molecule has 344 valence electrons. The molecule has 3 heterocycles. The van der Waals surface area contributed by atoms with E-state index in [-0.39, 0.29) is 66.3 Å². The first-order valence-corrected chi connectivity index (χ1v) is 23.2. The Hall–Kier alpha value is -2.93. The van der Waals surface area contributed by atoms with Crippen LogP contribution in [0.3, 0.4) is 0 Å². The monoisotopic (exact) mass is 854 g/mol. The molecule has 0 aromatic rings. The topological polar surface area (TPSA) is 163 Å². The van der Waals surface area contributed by atoms with Gasteiger partial charge in [-0.2, -0.15) is 0 Å². The van der Waals surface area contributed by atoms with Gasteiger partial charge in [-0.15, -0.1) is 0 Å². The molecule has 0 radical (unpaired) electrons. The first-order chi connectivity index (χ1) is 28.8. The number of methoxy groups -OCH3 is 1. The Kier molecular flexibility index (Phi) is 19.7. The number of hydrogen-bond donors (Lipinski definition) is 4. The van der Waals surface area contributed by atoms with Gasteiger partial charge >= 0.3 is 5.97 Å². The number of nitrogens with zero attached hydrogens (tertiary/aromatic N) is 1. The van der Waals surface area contributed by atoms with Crippen molar-refractivity contribution in [2.24, 2.45) is 35.5 Å². The summed E-state index contributed by atoms with van der Waals surface area (Å²) in [5.41, 5.74) is 2.62. The Labute approximate surface area is 366 Å². The molecule has 4 aliphatic rings. The molecule has 3 fully saturated rings. The SMILES string of the molecule is C=C1C[C@H](O)/C(C)=C/[C@@H](C)C(=O)C[C@@H]([C@H](C)C[C@@H]2CC[C@@H](O)[C@H](O)C2)OC(=O)[C@@H]2CCCCN2C(=O)C[C@]2(O)O[C@@H](CC[C@H]2C)C[C@H](OC)/C(C)=C/C=C/C=C/[C@@H](C)C[C@H]1C. The first kappa shape index (κ1) is 50.7. The van der Waals surface area contributed by atoms with Crippen LogP contribution >= 0.6 is 0 Å². The quantitative estimate of drug-likeness (QED) is 0.163. The maximum absolute atomic E-state index is 14.3. The second kappa shape index (κ2) is 23.7. The summed E-state index contributed by atoms with van der Waals surface area (Å²) < 4.78 is 18.6. The van der Waals surface area contributed by atoms with Crippen molar-refractivity contribution in [3.8, 4) is 0 Å². The number of piperidine rings is 1. The number of Topliss-reactive ketones (excluding diaryl/α,β-unsaturated/α-hetero) is 1. The summed E-state index contributed by atoms with van der Waals surface area (Å²) in [4.78, 5) is 44.0. The van der Waals surface area contributed by atoms with Crippen LogP contribution in [0.15, 0.2) is 59.8 Å². The second-order valence-electron chi connectivity index (χ2n) is 19.3. The zero-order valence-electron chi connectivity index (χ0n) is 38.5. The van der Waals surface area contributed by atoms with Gasteiger partial charge in [-0.3, -0.25) is 9.59 Å². The highest BCUT2D eigenvalue weighted by Gasteiger charge is 2.46. The third-order valence-electron chi connectivity index (χ3n) is 14.2. The van der Waals surface area contributed by atoms with Crippen molar-refractivity contribution in [2.45, 2.75) is 187 Å². The van der Waals surface area contributed by atoms with Gasteiger partial charge in [0.05, 0.1) is 36.9 Å². The average Bonchev–Trinajstić information content (AvgIpc) is 3.21. The molecule has 14 atom stereocenters. The number of amides is 1. The number of aliphatic hydroxyl groups excluding tert-OH is 3. The molecular weight excluding hydrogens is 775 g/mol. The number of cyclic esters (lactones) is 1. The zero-order chi connectivity index (χ0) is 45.0. The Morgan fingerprint density at radius 1 is 0.902 bits per heavy atom. The number of allylic oxidation sites excluding steroid dienone is 6. The zero-order valence-corrected chi connectivity index (χ0v) is 38.5. The van der Waals surface area contributed by atoms with Crippen LogP contribution in [0.25, 0.3) is 0 Å². The Balaban J connectivity index is 1.63. The van der Waals surface area contributed by atoms with Crippen LogP contribution in [0.4, 0.5) is 0 Å². The summed E-state index contributed by atoms with van der Waals surface area (Å²) in [6, 6.07) is -0.881. The van der Waals surface area contributed by atoms with Crippen LogP contribution in [0.5, 0.6) is 0 Å². The van der Waals surface area contributed by atoms with Crippen molar-refractivity contribution < 1.29 is 49.0 Å². The predicted octanol–water partition coefficient (Wildman–Crippen LogP) is 7.71. The molecule has 2 saturated heterocycles. The summed E-state index contributed by atoms with van der Waals surface area (Å²) in [6.45, 7) is 18.4. The largest absolute Gasteiger partial charge is 0.460 e. The summed E-state index contributed by atoms with van der Waals surface area (Å²) in [7, 11) is 1.66. The fraction of sp³-hybridized carbons (Fsp3) is 0.740. The van der Waals surface area contributed by atoms with Crippen molar-refractivity contribution in [1.82, 2.24) is 4.90 Å². The Morgan fingerprint density at radius 3 is 2.34 bits per heavy atom.